The summed E-state index contributed by atoms with van der Waals surface area (Å²) < 4.78 is 10.8. The summed E-state index contributed by atoms with van der Waals surface area (Å²) >= 11 is 0. The van der Waals surface area contributed by atoms with Crippen LogP contribution in [0, 0.1) is 13.8 Å². The monoisotopic (exact) mass is 332 g/mol. The van der Waals surface area contributed by atoms with Gasteiger partial charge in [0, 0.05) is 19.5 Å². The molecule has 0 aromatic carbocycles. The molecular formula is C17H24N4O3. The van der Waals surface area contributed by atoms with Crippen molar-refractivity contribution < 1.29 is 13.7 Å². The van der Waals surface area contributed by atoms with Crippen LogP contribution < -0.4 is 5.32 Å². The molecule has 24 heavy (non-hydrogen) atoms. The molecule has 2 aromatic heterocycles. The Labute approximate surface area is 141 Å². The third-order valence-corrected chi connectivity index (χ3v) is 4.29. The first-order valence-electron chi connectivity index (χ1n) is 8.53. The number of aryl methyl sites for hydroxylation is 2. The minimum atomic E-state index is -0.0628. The van der Waals surface area contributed by atoms with E-state index < -0.39 is 0 Å². The third-order valence-electron chi connectivity index (χ3n) is 4.29. The summed E-state index contributed by atoms with van der Waals surface area (Å²) in [6.45, 7) is 4.92. The van der Waals surface area contributed by atoms with Gasteiger partial charge in [-0.25, -0.2) is 4.79 Å². The van der Waals surface area contributed by atoms with Gasteiger partial charge in [-0.15, -0.1) is 0 Å². The van der Waals surface area contributed by atoms with E-state index in [0.29, 0.717) is 24.7 Å². The summed E-state index contributed by atoms with van der Waals surface area (Å²) in [6.07, 6.45) is 4.73. The topological polar surface area (TPSA) is 84.4 Å². The lowest BCUT2D eigenvalue weighted by molar-refractivity contribution is 0.165. The fraction of sp³-hybridized carbons (Fsp3) is 0.588. The molecular weight excluding hydrogens is 308 g/mol. The van der Waals surface area contributed by atoms with Crippen LogP contribution in [0.25, 0.3) is 0 Å². The smallest absolute Gasteiger partial charge is 0.318 e. The molecule has 1 aliphatic heterocycles. The minimum Gasteiger partial charge on any atom is -0.464 e. The number of amides is 2. The van der Waals surface area contributed by atoms with Crippen molar-refractivity contribution >= 4 is 6.03 Å². The molecule has 2 amide bonds. The average molecular weight is 332 g/mol. The van der Waals surface area contributed by atoms with E-state index in [1.807, 2.05) is 24.0 Å². The van der Waals surface area contributed by atoms with Gasteiger partial charge in [0.05, 0.1) is 6.04 Å². The van der Waals surface area contributed by atoms with Crippen molar-refractivity contribution in [2.24, 2.45) is 0 Å². The van der Waals surface area contributed by atoms with E-state index in [2.05, 4.69) is 15.5 Å². The highest BCUT2D eigenvalue weighted by Gasteiger charge is 2.28. The molecule has 3 heterocycles. The summed E-state index contributed by atoms with van der Waals surface area (Å²) in [7, 11) is 0. The van der Waals surface area contributed by atoms with E-state index >= 15 is 0 Å². The van der Waals surface area contributed by atoms with Gasteiger partial charge in [-0.2, -0.15) is 4.98 Å². The predicted molar refractivity (Wildman–Crippen MR) is 87.5 cm³/mol. The van der Waals surface area contributed by atoms with Gasteiger partial charge in [0.25, 0.3) is 0 Å². The zero-order valence-corrected chi connectivity index (χ0v) is 14.2. The molecule has 1 fully saturated rings. The number of likely N-dealkylation sites (tertiary alicyclic amines) is 1. The minimum absolute atomic E-state index is 0.00634. The largest absolute Gasteiger partial charge is 0.464 e. The lowest BCUT2D eigenvalue weighted by atomic mass is 10.1. The fourth-order valence-electron chi connectivity index (χ4n) is 3.10. The first-order valence-corrected chi connectivity index (χ1v) is 8.53. The second kappa shape index (κ2) is 7.51. The molecule has 0 aliphatic carbocycles. The Hall–Kier alpha value is -2.31. The van der Waals surface area contributed by atoms with Crippen molar-refractivity contribution in [3.05, 3.63) is 35.4 Å². The van der Waals surface area contributed by atoms with E-state index in [1.54, 1.807) is 6.92 Å². The van der Waals surface area contributed by atoms with Gasteiger partial charge >= 0.3 is 6.03 Å². The maximum Gasteiger partial charge on any atom is 0.318 e. The van der Waals surface area contributed by atoms with Crippen molar-refractivity contribution in [3.8, 4) is 0 Å². The Morgan fingerprint density at radius 1 is 1.33 bits per heavy atom. The molecule has 0 bridgehead atoms. The molecule has 130 valence electrons. The van der Waals surface area contributed by atoms with Crippen molar-refractivity contribution in [1.29, 1.82) is 0 Å². The molecule has 1 aliphatic rings. The number of carbonyl (C=O) groups is 1. The highest BCUT2D eigenvalue weighted by atomic mass is 16.5. The number of aromatic nitrogens is 2. The van der Waals surface area contributed by atoms with Crippen molar-refractivity contribution in [2.75, 3.05) is 13.1 Å². The molecule has 7 nitrogen and oxygen atoms in total. The maximum atomic E-state index is 12.6. The Morgan fingerprint density at radius 2 is 2.21 bits per heavy atom. The van der Waals surface area contributed by atoms with Gasteiger partial charge in [0.15, 0.2) is 5.82 Å². The van der Waals surface area contributed by atoms with Crippen molar-refractivity contribution in [2.45, 2.75) is 52.0 Å². The molecule has 1 N–H and O–H groups in total. The molecule has 1 saturated heterocycles. The first-order chi connectivity index (χ1) is 11.6. The Morgan fingerprint density at radius 3 is 2.92 bits per heavy atom. The van der Waals surface area contributed by atoms with Gasteiger partial charge < -0.3 is 19.2 Å². The Balaban J connectivity index is 1.61. The van der Waals surface area contributed by atoms with Crippen LogP contribution in [0.4, 0.5) is 4.79 Å². The van der Waals surface area contributed by atoms with Gasteiger partial charge in [-0.05, 0) is 38.8 Å². The average Bonchev–Trinajstić information content (AvgIpc) is 3.08. The normalized spacial score (nSPS) is 18.4. The van der Waals surface area contributed by atoms with Crippen LogP contribution in [0.15, 0.2) is 21.1 Å². The van der Waals surface area contributed by atoms with Gasteiger partial charge in [-0.3, -0.25) is 0 Å². The highest BCUT2D eigenvalue weighted by Crippen LogP contribution is 2.31. The highest BCUT2D eigenvalue weighted by molar-refractivity contribution is 5.74. The van der Waals surface area contributed by atoms with Crippen LogP contribution in [-0.4, -0.2) is 34.2 Å². The molecule has 0 radical (unpaired) electrons. The predicted octanol–water partition coefficient (Wildman–Crippen LogP) is 3.15. The van der Waals surface area contributed by atoms with Gasteiger partial charge in [0.2, 0.25) is 5.89 Å². The SMILES string of the molecule is Cc1noc(CCNC(=O)N2CCCCC[C@H]2c2ccc(C)o2)n1. The van der Waals surface area contributed by atoms with E-state index in [-0.39, 0.29) is 12.1 Å². The molecule has 0 spiro atoms. The molecule has 1 atom stereocenters. The number of nitrogens with one attached hydrogen (secondary N) is 1. The lowest BCUT2D eigenvalue weighted by Gasteiger charge is -2.28. The quantitative estimate of drug-likeness (QED) is 0.929. The summed E-state index contributed by atoms with van der Waals surface area (Å²) in [5, 5.41) is 6.71. The second-order valence-electron chi connectivity index (χ2n) is 6.22. The standard InChI is InChI=1S/C17H24N4O3/c1-12-7-8-15(23-12)14-6-4-3-5-11-21(14)17(22)18-10-9-16-19-13(2)20-24-16/h7-8,14H,3-6,9-11H2,1-2H3,(H,18,22)/t14-/m0/s1. The summed E-state index contributed by atoms with van der Waals surface area (Å²) in [5.74, 6) is 2.90. The van der Waals surface area contributed by atoms with E-state index in [0.717, 1.165) is 43.7 Å². The third kappa shape index (κ3) is 3.96. The first kappa shape index (κ1) is 16.5. The van der Waals surface area contributed by atoms with Gasteiger partial charge in [0.1, 0.15) is 11.5 Å². The molecule has 7 heteroatoms. The maximum absolute atomic E-state index is 12.6. The molecule has 2 aromatic rings. The molecule has 0 saturated carbocycles. The summed E-state index contributed by atoms with van der Waals surface area (Å²) in [4.78, 5) is 18.7. The van der Waals surface area contributed by atoms with Crippen LogP contribution >= 0.6 is 0 Å². The van der Waals surface area contributed by atoms with Crippen LogP contribution in [0.1, 0.15) is 55.0 Å². The number of nitrogens with zero attached hydrogens (tertiary/aromatic N) is 3. The van der Waals surface area contributed by atoms with Crippen molar-refractivity contribution in [3.63, 3.8) is 0 Å². The molecule has 0 unspecified atom stereocenters. The fourth-order valence-corrected chi connectivity index (χ4v) is 3.10. The Kier molecular flexibility index (Phi) is 5.17. The molecule has 3 rings (SSSR count). The number of furan rings is 1. The van der Waals surface area contributed by atoms with Crippen LogP contribution in [0.3, 0.4) is 0 Å². The van der Waals surface area contributed by atoms with Crippen LogP contribution in [0.2, 0.25) is 0 Å². The second-order valence-corrected chi connectivity index (χ2v) is 6.22. The summed E-state index contributed by atoms with van der Waals surface area (Å²) in [5.41, 5.74) is 0. The lowest BCUT2D eigenvalue weighted by Crippen LogP contribution is -2.42. The zero-order chi connectivity index (χ0) is 16.9. The number of rotatable bonds is 4. The number of carbonyl (C=O) groups excluding carboxylic acids is 1. The van der Waals surface area contributed by atoms with Crippen LogP contribution in [0.5, 0.6) is 0 Å². The number of hydrogen-bond acceptors (Lipinski definition) is 5. The Bertz CT molecular complexity index is 679. The van der Waals surface area contributed by atoms with Gasteiger partial charge in [-0.1, -0.05) is 18.0 Å². The van der Waals surface area contributed by atoms with Crippen molar-refractivity contribution in [1.82, 2.24) is 20.4 Å². The van der Waals surface area contributed by atoms with Crippen LogP contribution in [-0.2, 0) is 6.42 Å². The number of urea groups is 1. The summed E-state index contributed by atoms with van der Waals surface area (Å²) in [6, 6.07) is 3.88. The number of hydrogen-bond donors (Lipinski definition) is 1. The van der Waals surface area contributed by atoms with E-state index in [9.17, 15) is 4.79 Å². The van der Waals surface area contributed by atoms with E-state index in [1.165, 1.54) is 0 Å². The zero-order valence-electron chi connectivity index (χ0n) is 14.2. The van der Waals surface area contributed by atoms with E-state index in [4.69, 9.17) is 8.94 Å².